The Morgan fingerprint density at radius 1 is 1.28 bits per heavy atom. The molecule has 0 amide bonds. The minimum atomic E-state index is -0.686. The van der Waals surface area contributed by atoms with E-state index in [1.807, 2.05) is 27.7 Å². The number of carbonyl (C=O) groups is 1. The quantitative estimate of drug-likeness (QED) is 0.567. The van der Waals surface area contributed by atoms with Crippen LogP contribution in [0.4, 0.5) is 8.78 Å². The Balaban J connectivity index is 2.95. The molecule has 1 aromatic carbocycles. The third-order valence-electron chi connectivity index (χ3n) is 3.28. The fraction of sp³-hybridized carbons (Fsp3) is 0.500. The summed E-state index contributed by atoms with van der Waals surface area (Å²) < 4.78 is 27.0. The molecule has 4 heteroatoms. The smallest absolute Gasteiger partial charge is 0.166 e. The maximum absolute atomic E-state index is 13.6. The van der Waals surface area contributed by atoms with E-state index >= 15 is 0 Å². The molecule has 100 valence electrons. The number of hydrogen-bond acceptors (Lipinski definition) is 1. The molecule has 0 aromatic heterocycles. The number of ketones is 1. The van der Waals surface area contributed by atoms with E-state index in [-0.39, 0.29) is 33.6 Å². The van der Waals surface area contributed by atoms with Crippen molar-refractivity contribution in [2.45, 2.75) is 34.1 Å². The first-order valence-electron chi connectivity index (χ1n) is 5.80. The van der Waals surface area contributed by atoms with Crippen molar-refractivity contribution in [1.29, 1.82) is 0 Å². The second kappa shape index (κ2) is 5.47. The molecular weight excluding hydrogens is 302 g/mol. The number of halogens is 3. The fourth-order valence-corrected chi connectivity index (χ4v) is 1.75. The zero-order valence-corrected chi connectivity index (χ0v) is 12.6. The predicted molar refractivity (Wildman–Crippen MR) is 71.6 cm³/mol. The molecule has 1 nitrogen and oxygen atoms in total. The molecule has 0 saturated heterocycles. The van der Waals surface area contributed by atoms with E-state index in [0.29, 0.717) is 0 Å². The maximum atomic E-state index is 13.6. The number of carbonyl (C=O) groups excluding carboxylic acids is 1. The van der Waals surface area contributed by atoms with Gasteiger partial charge in [-0.05, 0) is 39.4 Å². The second-order valence-electron chi connectivity index (χ2n) is 5.64. The molecule has 18 heavy (non-hydrogen) atoms. The summed E-state index contributed by atoms with van der Waals surface area (Å²) in [5.41, 5.74) is -0.216. The first kappa shape index (κ1) is 15.3. The topological polar surface area (TPSA) is 17.1 Å². The van der Waals surface area contributed by atoms with Crippen molar-refractivity contribution in [1.82, 2.24) is 0 Å². The van der Waals surface area contributed by atoms with Crippen molar-refractivity contribution in [3.63, 3.8) is 0 Å². The van der Waals surface area contributed by atoms with Gasteiger partial charge in [-0.15, -0.1) is 0 Å². The molecule has 0 aliphatic carbocycles. The van der Waals surface area contributed by atoms with Gasteiger partial charge in [0, 0.05) is 6.42 Å². The summed E-state index contributed by atoms with van der Waals surface area (Å²) in [6, 6.07) is 1.95. The molecule has 0 aliphatic rings. The average Bonchev–Trinajstić information content (AvgIpc) is 2.21. The van der Waals surface area contributed by atoms with Crippen molar-refractivity contribution < 1.29 is 13.6 Å². The van der Waals surface area contributed by atoms with E-state index in [9.17, 15) is 13.6 Å². The number of benzene rings is 1. The highest BCUT2D eigenvalue weighted by atomic mass is 79.9. The van der Waals surface area contributed by atoms with Gasteiger partial charge in [-0.3, -0.25) is 4.79 Å². The van der Waals surface area contributed by atoms with E-state index in [1.165, 1.54) is 0 Å². The Morgan fingerprint density at radius 3 is 2.33 bits per heavy atom. The highest BCUT2D eigenvalue weighted by Gasteiger charge is 2.24. The third kappa shape index (κ3) is 3.61. The maximum Gasteiger partial charge on any atom is 0.166 e. The molecule has 0 spiro atoms. The van der Waals surface area contributed by atoms with Crippen LogP contribution in [0.1, 0.15) is 44.5 Å². The van der Waals surface area contributed by atoms with Gasteiger partial charge in [0.15, 0.2) is 5.78 Å². The van der Waals surface area contributed by atoms with Gasteiger partial charge in [0.1, 0.15) is 11.6 Å². The highest BCUT2D eigenvalue weighted by Crippen LogP contribution is 2.30. The largest absolute Gasteiger partial charge is 0.294 e. The molecule has 1 unspecified atom stereocenters. The van der Waals surface area contributed by atoms with Crippen LogP contribution in [-0.2, 0) is 0 Å². The van der Waals surface area contributed by atoms with Crippen molar-refractivity contribution in [2.75, 3.05) is 0 Å². The van der Waals surface area contributed by atoms with Crippen molar-refractivity contribution in [2.24, 2.45) is 11.3 Å². The summed E-state index contributed by atoms with van der Waals surface area (Å²) >= 11 is 2.89. The van der Waals surface area contributed by atoms with Gasteiger partial charge in [0.2, 0.25) is 0 Å². The van der Waals surface area contributed by atoms with Gasteiger partial charge < -0.3 is 0 Å². The summed E-state index contributed by atoms with van der Waals surface area (Å²) in [6.45, 7) is 7.99. The number of rotatable bonds is 3. The van der Waals surface area contributed by atoms with Gasteiger partial charge in [-0.1, -0.05) is 27.7 Å². The molecule has 0 aliphatic heterocycles. The highest BCUT2D eigenvalue weighted by molar-refractivity contribution is 9.10. The van der Waals surface area contributed by atoms with Crippen LogP contribution in [0.3, 0.4) is 0 Å². The fourth-order valence-electron chi connectivity index (χ4n) is 1.43. The van der Waals surface area contributed by atoms with Crippen molar-refractivity contribution in [3.05, 3.63) is 33.8 Å². The van der Waals surface area contributed by atoms with Gasteiger partial charge >= 0.3 is 0 Å². The Kier molecular flexibility index (Phi) is 4.65. The molecule has 0 fully saturated rings. The van der Waals surface area contributed by atoms with E-state index < -0.39 is 11.6 Å². The van der Waals surface area contributed by atoms with Crippen LogP contribution in [0.5, 0.6) is 0 Å². The zero-order chi connectivity index (χ0) is 14.1. The van der Waals surface area contributed by atoms with Crippen molar-refractivity contribution in [3.8, 4) is 0 Å². The van der Waals surface area contributed by atoms with E-state index in [1.54, 1.807) is 0 Å². The van der Waals surface area contributed by atoms with Crippen LogP contribution in [-0.4, -0.2) is 5.78 Å². The SMILES string of the molecule is CC(CC(=O)c1cc(F)c(Br)cc1F)C(C)(C)C. The molecule has 0 radical (unpaired) electrons. The van der Waals surface area contributed by atoms with Crippen LogP contribution in [0.2, 0.25) is 0 Å². The number of Topliss-reactive ketones (excluding diaryl/α,β-unsaturated/α-hetero) is 1. The molecule has 1 aromatic rings. The summed E-state index contributed by atoms with van der Waals surface area (Å²) in [4.78, 5) is 12.0. The monoisotopic (exact) mass is 318 g/mol. The molecule has 0 saturated carbocycles. The first-order chi connectivity index (χ1) is 8.12. The summed E-state index contributed by atoms with van der Waals surface area (Å²) in [5.74, 6) is -1.57. The standard InChI is InChI=1S/C14H17BrF2O/c1-8(14(2,3)4)5-13(18)9-6-12(17)10(15)7-11(9)16/h6-8H,5H2,1-4H3. The van der Waals surface area contributed by atoms with E-state index in [0.717, 1.165) is 12.1 Å². The molecule has 1 rings (SSSR count). The van der Waals surface area contributed by atoms with E-state index in [4.69, 9.17) is 0 Å². The Hall–Kier alpha value is -0.770. The van der Waals surface area contributed by atoms with Crippen LogP contribution in [0, 0.1) is 23.0 Å². The lowest BCUT2D eigenvalue weighted by Gasteiger charge is -2.26. The molecule has 0 N–H and O–H groups in total. The van der Waals surface area contributed by atoms with Crippen molar-refractivity contribution >= 4 is 21.7 Å². The minimum absolute atomic E-state index is 0.0282. The molecule has 1 atom stereocenters. The molecule has 0 bridgehead atoms. The zero-order valence-electron chi connectivity index (χ0n) is 11.0. The van der Waals surface area contributed by atoms with Crippen LogP contribution < -0.4 is 0 Å². The van der Waals surface area contributed by atoms with Crippen LogP contribution in [0.25, 0.3) is 0 Å². The normalized spacial score (nSPS) is 13.5. The van der Waals surface area contributed by atoms with Crippen LogP contribution >= 0.6 is 15.9 Å². The van der Waals surface area contributed by atoms with Gasteiger partial charge in [-0.2, -0.15) is 0 Å². The second-order valence-corrected chi connectivity index (χ2v) is 6.49. The van der Waals surface area contributed by atoms with Gasteiger partial charge in [-0.25, -0.2) is 8.78 Å². The lowest BCUT2D eigenvalue weighted by molar-refractivity contribution is 0.0922. The number of hydrogen-bond donors (Lipinski definition) is 0. The summed E-state index contributed by atoms with van der Waals surface area (Å²) in [5, 5.41) is 0. The first-order valence-corrected chi connectivity index (χ1v) is 6.60. The van der Waals surface area contributed by atoms with Gasteiger partial charge in [0.05, 0.1) is 10.0 Å². The minimum Gasteiger partial charge on any atom is -0.294 e. The molecular formula is C14H17BrF2O. The lowest BCUT2D eigenvalue weighted by atomic mass is 9.78. The third-order valence-corrected chi connectivity index (χ3v) is 3.89. The van der Waals surface area contributed by atoms with Gasteiger partial charge in [0.25, 0.3) is 0 Å². The van der Waals surface area contributed by atoms with E-state index in [2.05, 4.69) is 15.9 Å². The Labute approximate surface area is 115 Å². The van der Waals surface area contributed by atoms with Crippen LogP contribution in [0.15, 0.2) is 16.6 Å². The summed E-state index contributed by atoms with van der Waals surface area (Å²) in [7, 11) is 0. The predicted octanol–water partition coefficient (Wildman–Crippen LogP) is 4.98. The Bertz CT molecular complexity index is 464. The molecule has 0 heterocycles. The Morgan fingerprint density at radius 2 is 1.83 bits per heavy atom. The lowest BCUT2D eigenvalue weighted by Crippen LogP contribution is -2.21. The summed E-state index contributed by atoms with van der Waals surface area (Å²) in [6.07, 6.45) is 0.210. The average molecular weight is 319 g/mol.